The van der Waals surface area contributed by atoms with Gasteiger partial charge in [0.1, 0.15) is 11.2 Å². The molecule has 0 bridgehead atoms. The van der Waals surface area contributed by atoms with Crippen molar-refractivity contribution in [1.82, 2.24) is 15.0 Å². The Morgan fingerprint density at radius 3 is 2.03 bits per heavy atom. The summed E-state index contributed by atoms with van der Waals surface area (Å²) < 4.78 is 1.93. The third kappa shape index (κ3) is 7.30. The van der Waals surface area contributed by atoms with E-state index in [1.165, 1.54) is 5.69 Å². The first-order valence-electron chi connectivity index (χ1n) is 11.9. The van der Waals surface area contributed by atoms with E-state index in [4.69, 9.17) is 14.8 Å². The van der Waals surface area contributed by atoms with Crippen molar-refractivity contribution in [2.45, 2.75) is 105 Å². The highest BCUT2D eigenvalue weighted by molar-refractivity contribution is 5.17. The second kappa shape index (κ2) is 11.1. The van der Waals surface area contributed by atoms with Crippen molar-refractivity contribution in [2.75, 3.05) is 6.61 Å². The second-order valence-electron chi connectivity index (χ2n) is 10.2. The van der Waals surface area contributed by atoms with Crippen molar-refractivity contribution in [1.29, 1.82) is 0 Å². The molecule has 1 aliphatic heterocycles. The molecule has 2 unspecified atom stereocenters. The molecule has 0 spiro atoms. The molecule has 0 amide bonds. The fourth-order valence-electron chi connectivity index (χ4n) is 3.33. The molecule has 2 N–H and O–H groups in total. The average molecular weight is 454 g/mol. The summed E-state index contributed by atoms with van der Waals surface area (Å²) in [5, 5.41) is 24.6. The van der Waals surface area contributed by atoms with Crippen LogP contribution in [-0.4, -0.2) is 48.6 Å². The number of rotatable bonds is 5. The molecule has 1 aliphatic carbocycles. The Morgan fingerprint density at radius 1 is 1.16 bits per heavy atom. The fraction of sp³-hybridized carbons (Fsp3) is 0.800. The summed E-state index contributed by atoms with van der Waals surface area (Å²) in [4.78, 5) is 12.0. The number of allylic oxidation sites excluding steroid dienone is 1. The lowest BCUT2D eigenvalue weighted by Gasteiger charge is -2.26. The summed E-state index contributed by atoms with van der Waals surface area (Å²) in [6, 6.07) is 2.11. The third-order valence-electron chi connectivity index (χ3n) is 6.44. The van der Waals surface area contributed by atoms with Gasteiger partial charge in [0.25, 0.3) is 0 Å². The minimum atomic E-state index is -0.458. The van der Waals surface area contributed by atoms with E-state index in [1.54, 1.807) is 19.1 Å². The Bertz CT molecular complexity index is 731. The molecule has 0 radical (unpaired) electrons. The van der Waals surface area contributed by atoms with Crippen molar-refractivity contribution in [2.24, 2.45) is 18.9 Å². The molecule has 7 heteroatoms. The summed E-state index contributed by atoms with van der Waals surface area (Å²) in [6.07, 6.45) is 4.61. The monoisotopic (exact) mass is 453 g/mol. The van der Waals surface area contributed by atoms with Crippen molar-refractivity contribution in [3.63, 3.8) is 0 Å². The first-order valence-corrected chi connectivity index (χ1v) is 11.9. The molecule has 1 saturated heterocycles. The van der Waals surface area contributed by atoms with E-state index >= 15 is 0 Å². The van der Waals surface area contributed by atoms with Crippen LogP contribution < -0.4 is 0 Å². The minimum absolute atomic E-state index is 0.106. The van der Waals surface area contributed by atoms with Crippen LogP contribution in [0.15, 0.2) is 17.8 Å². The number of aryl methyl sites for hydroxylation is 2. The third-order valence-corrected chi connectivity index (χ3v) is 6.44. The van der Waals surface area contributed by atoms with E-state index in [2.05, 4.69) is 17.2 Å². The van der Waals surface area contributed by atoms with Gasteiger partial charge in [0.15, 0.2) is 0 Å². The van der Waals surface area contributed by atoms with Gasteiger partial charge in [0.2, 0.25) is 0 Å². The minimum Gasteiger partial charge on any atom is -0.396 e. The van der Waals surface area contributed by atoms with Crippen molar-refractivity contribution < 1.29 is 19.9 Å². The first kappa shape index (κ1) is 28.6. The standard InChI is InChI=1S/C18H29N3O3.C5H12O.C2H6/c1-12-7-15(20(6)19-12)8-13-9-16(10-14(13)11-22)21-23-17(2,3)18(4,5)24-21;1-4-5(2,3)6;1-2/h7,10,13-14,22H,8-9,11H2,1-6H3;6H,4H2,1-3H3;1-2H3. The molecule has 186 valence electrons. The predicted molar refractivity (Wildman–Crippen MR) is 129 cm³/mol. The summed E-state index contributed by atoms with van der Waals surface area (Å²) >= 11 is 0. The van der Waals surface area contributed by atoms with Crippen molar-refractivity contribution >= 4 is 0 Å². The molecule has 32 heavy (non-hydrogen) atoms. The van der Waals surface area contributed by atoms with Crippen LogP contribution >= 0.6 is 0 Å². The summed E-state index contributed by atoms with van der Waals surface area (Å²) in [6.45, 7) is 19.8. The van der Waals surface area contributed by atoms with E-state index in [0.29, 0.717) is 5.92 Å². The van der Waals surface area contributed by atoms with Gasteiger partial charge in [-0.05, 0) is 79.7 Å². The maximum atomic E-state index is 9.79. The molecule has 0 aromatic carbocycles. The Hall–Kier alpha value is -1.41. The lowest BCUT2D eigenvalue weighted by atomic mass is 9.90. The van der Waals surface area contributed by atoms with Crippen LogP contribution in [0.3, 0.4) is 0 Å². The number of hydrogen-bond donors (Lipinski definition) is 2. The topological polar surface area (TPSA) is 80.0 Å². The maximum absolute atomic E-state index is 9.79. The van der Waals surface area contributed by atoms with Crippen LogP contribution in [0.4, 0.5) is 0 Å². The molecular formula is C25H47N3O4. The van der Waals surface area contributed by atoms with Gasteiger partial charge in [-0.2, -0.15) is 5.10 Å². The Morgan fingerprint density at radius 2 is 1.66 bits per heavy atom. The lowest BCUT2D eigenvalue weighted by Crippen LogP contribution is -2.41. The van der Waals surface area contributed by atoms with Gasteiger partial charge in [0.05, 0.1) is 17.0 Å². The second-order valence-corrected chi connectivity index (χ2v) is 10.2. The maximum Gasteiger partial charge on any atom is 0.124 e. The molecule has 3 rings (SSSR count). The highest BCUT2D eigenvalue weighted by atomic mass is 17.0. The van der Waals surface area contributed by atoms with E-state index in [9.17, 15) is 5.11 Å². The van der Waals surface area contributed by atoms with E-state index in [1.807, 2.05) is 67.1 Å². The van der Waals surface area contributed by atoms with Gasteiger partial charge in [-0.15, -0.1) is 5.23 Å². The molecule has 1 aromatic rings. The molecule has 7 nitrogen and oxygen atoms in total. The number of nitrogens with zero attached hydrogens (tertiary/aromatic N) is 3. The molecule has 2 atom stereocenters. The van der Waals surface area contributed by atoms with E-state index in [-0.39, 0.29) is 12.5 Å². The van der Waals surface area contributed by atoms with Gasteiger partial charge in [0, 0.05) is 25.3 Å². The lowest BCUT2D eigenvalue weighted by molar-refractivity contribution is -0.303. The van der Waals surface area contributed by atoms with E-state index in [0.717, 1.165) is 30.7 Å². The Kier molecular flexibility index (Phi) is 9.97. The first-order chi connectivity index (χ1) is 14.7. The number of aliphatic hydroxyl groups excluding tert-OH is 1. The highest BCUT2D eigenvalue weighted by Gasteiger charge is 2.51. The smallest absolute Gasteiger partial charge is 0.124 e. The number of hydrogen-bond acceptors (Lipinski definition) is 6. The predicted octanol–water partition coefficient (Wildman–Crippen LogP) is 4.71. The molecule has 0 saturated carbocycles. The van der Waals surface area contributed by atoms with Gasteiger partial charge in [-0.3, -0.25) is 4.68 Å². The summed E-state index contributed by atoms with van der Waals surface area (Å²) in [5.41, 5.74) is 1.94. The Balaban J connectivity index is 0.000000556. The zero-order valence-electron chi connectivity index (χ0n) is 22.2. The van der Waals surface area contributed by atoms with Crippen LogP contribution in [0.25, 0.3) is 0 Å². The van der Waals surface area contributed by atoms with Crippen LogP contribution in [0.5, 0.6) is 0 Å². The van der Waals surface area contributed by atoms with Crippen LogP contribution in [0.1, 0.15) is 86.5 Å². The van der Waals surface area contributed by atoms with Gasteiger partial charge >= 0.3 is 0 Å². The number of aromatic nitrogens is 2. The van der Waals surface area contributed by atoms with Crippen LogP contribution in [-0.2, 0) is 23.1 Å². The van der Waals surface area contributed by atoms with Crippen molar-refractivity contribution in [3.05, 3.63) is 29.2 Å². The Labute approximate surface area is 195 Å². The van der Waals surface area contributed by atoms with Crippen LogP contribution in [0.2, 0.25) is 0 Å². The fourth-order valence-corrected chi connectivity index (χ4v) is 3.33. The van der Waals surface area contributed by atoms with Gasteiger partial charge in [-0.1, -0.05) is 26.8 Å². The highest BCUT2D eigenvalue weighted by Crippen LogP contribution is 2.43. The zero-order valence-corrected chi connectivity index (χ0v) is 22.2. The van der Waals surface area contributed by atoms with Crippen LogP contribution in [0, 0.1) is 18.8 Å². The molecule has 1 fully saturated rings. The molecule has 1 aromatic heterocycles. The number of aliphatic hydroxyl groups is 2. The molecular weight excluding hydrogens is 406 g/mol. The normalized spacial score (nSPS) is 23.8. The van der Waals surface area contributed by atoms with Crippen molar-refractivity contribution in [3.8, 4) is 0 Å². The van der Waals surface area contributed by atoms with Gasteiger partial charge in [-0.25, -0.2) is 9.68 Å². The largest absolute Gasteiger partial charge is 0.396 e. The molecule has 2 heterocycles. The quantitative estimate of drug-likeness (QED) is 0.672. The van der Waals surface area contributed by atoms with E-state index < -0.39 is 16.8 Å². The SMILES string of the molecule is CC.CCC(C)(C)O.Cc1cc(CC2CC(N3OC(C)(C)C(C)(C)O3)=CC2CO)n(C)n1. The van der Waals surface area contributed by atoms with Gasteiger partial charge < -0.3 is 10.2 Å². The average Bonchev–Trinajstić information content (AvgIpc) is 3.30. The zero-order chi connectivity index (χ0) is 24.9. The summed E-state index contributed by atoms with van der Waals surface area (Å²) in [7, 11) is 1.97. The number of hydroxylamine groups is 2. The summed E-state index contributed by atoms with van der Waals surface area (Å²) in [5.74, 6) is 0.424. The molecule has 2 aliphatic rings.